The van der Waals surface area contributed by atoms with E-state index in [4.69, 9.17) is 8.85 Å². The zero-order valence-corrected chi connectivity index (χ0v) is 18.6. The van der Waals surface area contributed by atoms with Gasteiger partial charge in [0.15, 0.2) is 0 Å². The molecule has 0 radical (unpaired) electrons. The second-order valence-corrected chi connectivity index (χ2v) is 19.2. The lowest BCUT2D eigenvalue weighted by Gasteiger charge is -2.28. The summed E-state index contributed by atoms with van der Waals surface area (Å²) in [7, 11) is -3.21. The van der Waals surface area contributed by atoms with Crippen LogP contribution >= 0.6 is 0 Å². The van der Waals surface area contributed by atoms with E-state index < -0.39 is 25.8 Å². The van der Waals surface area contributed by atoms with E-state index in [1.807, 2.05) is 13.8 Å². The van der Waals surface area contributed by atoms with Crippen LogP contribution in [0.3, 0.4) is 0 Å². The monoisotopic (exact) mass is 337 g/mol. The minimum Gasteiger partial charge on any atom is -0.397 e. The van der Waals surface area contributed by atoms with Gasteiger partial charge in [-0.3, -0.25) is 0 Å². The largest absolute Gasteiger partial charge is 0.397 e. The highest BCUT2D eigenvalue weighted by Crippen LogP contribution is 2.04. The van der Waals surface area contributed by atoms with Crippen molar-refractivity contribution >= 4 is 25.8 Å². The summed E-state index contributed by atoms with van der Waals surface area (Å²) in [4.78, 5) is 0. The fourth-order valence-electron chi connectivity index (χ4n) is 2.08. The standard InChI is InChI=1S/C8H20O2Si.C6H19NSi2/c1-4-7-8-11(9-5-2)10-6-3;1-8(2,3)7-9(4,5)6/h11H,4-8H2,1-3H3;7H,1-6H3. The summed E-state index contributed by atoms with van der Waals surface area (Å²) in [5.41, 5.74) is 0. The van der Waals surface area contributed by atoms with Crippen molar-refractivity contribution in [3.05, 3.63) is 0 Å². The van der Waals surface area contributed by atoms with Gasteiger partial charge in [-0.15, -0.1) is 0 Å². The Bertz CT molecular complexity index is 197. The molecule has 0 rings (SSSR count). The van der Waals surface area contributed by atoms with Crippen LogP contribution in [0, 0.1) is 0 Å². The topological polar surface area (TPSA) is 30.5 Å². The van der Waals surface area contributed by atoms with Crippen molar-refractivity contribution in [1.29, 1.82) is 0 Å². The summed E-state index contributed by atoms with van der Waals surface area (Å²) < 4.78 is 14.7. The fraction of sp³-hybridized carbons (Fsp3) is 1.00. The van der Waals surface area contributed by atoms with Gasteiger partial charge in [0.1, 0.15) is 16.5 Å². The van der Waals surface area contributed by atoms with E-state index in [-0.39, 0.29) is 0 Å². The predicted octanol–water partition coefficient (Wildman–Crippen LogP) is 4.33. The zero-order chi connectivity index (χ0) is 16.2. The molecule has 0 aliphatic rings. The molecular weight excluding hydrogens is 298 g/mol. The van der Waals surface area contributed by atoms with Gasteiger partial charge in [-0.25, -0.2) is 0 Å². The van der Waals surface area contributed by atoms with Gasteiger partial charge in [0, 0.05) is 13.2 Å². The molecule has 0 fully saturated rings. The average Bonchev–Trinajstić information content (AvgIpc) is 2.22. The molecule has 0 aliphatic carbocycles. The molecule has 0 saturated carbocycles. The summed E-state index contributed by atoms with van der Waals surface area (Å²) in [6, 6.07) is 1.16. The maximum atomic E-state index is 5.50. The summed E-state index contributed by atoms with van der Waals surface area (Å²) in [5, 5.41) is 0. The van der Waals surface area contributed by atoms with Gasteiger partial charge in [0.2, 0.25) is 0 Å². The van der Waals surface area contributed by atoms with Crippen LogP contribution in [0.25, 0.3) is 0 Å². The first-order valence-corrected chi connectivity index (χ1v) is 16.8. The highest BCUT2D eigenvalue weighted by molar-refractivity contribution is 6.90. The van der Waals surface area contributed by atoms with Crippen LogP contribution in [0.4, 0.5) is 0 Å². The molecule has 124 valence electrons. The molecule has 6 heteroatoms. The van der Waals surface area contributed by atoms with Crippen molar-refractivity contribution in [2.24, 2.45) is 0 Å². The van der Waals surface area contributed by atoms with Gasteiger partial charge >= 0.3 is 9.28 Å². The lowest BCUT2D eigenvalue weighted by molar-refractivity contribution is 0.213. The number of unbranched alkanes of at least 4 members (excludes halogenated alkanes) is 1. The number of nitrogens with one attached hydrogen (secondary N) is 1. The summed E-state index contributed by atoms with van der Waals surface area (Å²) in [5.74, 6) is 0. The Morgan fingerprint density at radius 3 is 1.40 bits per heavy atom. The molecule has 0 unspecified atom stereocenters. The molecule has 0 spiro atoms. The van der Waals surface area contributed by atoms with E-state index in [2.05, 4.69) is 50.9 Å². The molecule has 0 heterocycles. The number of rotatable bonds is 9. The van der Waals surface area contributed by atoms with Crippen LogP contribution in [0.2, 0.25) is 45.3 Å². The molecular formula is C14H39NO2Si3. The molecule has 0 aromatic carbocycles. The van der Waals surface area contributed by atoms with Crippen molar-refractivity contribution < 1.29 is 8.85 Å². The SMILES string of the molecule is CCCC[SiH](OCC)OCC.C[Si](C)(C)N[Si](C)(C)C. The molecule has 3 nitrogen and oxygen atoms in total. The Labute approximate surface area is 131 Å². The minimum absolute atomic E-state index is 0.806. The first-order chi connectivity index (χ1) is 9.05. The van der Waals surface area contributed by atoms with E-state index in [0.717, 1.165) is 19.3 Å². The first-order valence-electron chi connectivity index (χ1n) is 8.08. The number of hydrogen-bond donors (Lipinski definition) is 1. The molecule has 0 saturated heterocycles. The van der Waals surface area contributed by atoms with E-state index >= 15 is 0 Å². The summed E-state index contributed by atoms with van der Waals surface area (Å²) in [6.07, 6.45) is 2.49. The molecule has 20 heavy (non-hydrogen) atoms. The van der Waals surface area contributed by atoms with Crippen molar-refractivity contribution in [1.82, 2.24) is 4.65 Å². The molecule has 0 amide bonds. The van der Waals surface area contributed by atoms with Crippen molar-refractivity contribution in [2.75, 3.05) is 13.2 Å². The minimum atomic E-state index is -1.25. The third-order valence-corrected chi connectivity index (χ3v) is 10.5. The quantitative estimate of drug-likeness (QED) is 0.635. The summed E-state index contributed by atoms with van der Waals surface area (Å²) >= 11 is 0. The second kappa shape index (κ2) is 12.1. The zero-order valence-electron chi connectivity index (χ0n) is 15.4. The van der Waals surface area contributed by atoms with Gasteiger partial charge in [-0.1, -0.05) is 59.0 Å². The van der Waals surface area contributed by atoms with Gasteiger partial charge < -0.3 is 13.5 Å². The number of hydrogen-bond acceptors (Lipinski definition) is 3. The van der Waals surface area contributed by atoms with E-state index in [1.165, 1.54) is 12.8 Å². The van der Waals surface area contributed by atoms with Gasteiger partial charge in [0.25, 0.3) is 0 Å². The Kier molecular flexibility index (Phi) is 13.8. The fourth-order valence-corrected chi connectivity index (χ4v) is 13.0. The Balaban J connectivity index is 0. The van der Waals surface area contributed by atoms with Crippen LogP contribution in [-0.4, -0.2) is 39.0 Å². The highest BCUT2D eigenvalue weighted by atomic mass is 28.4. The molecule has 0 aromatic heterocycles. The predicted molar refractivity (Wildman–Crippen MR) is 99.9 cm³/mol. The van der Waals surface area contributed by atoms with E-state index in [0.29, 0.717) is 0 Å². The Morgan fingerprint density at radius 2 is 1.20 bits per heavy atom. The molecule has 1 N–H and O–H groups in total. The van der Waals surface area contributed by atoms with Crippen LogP contribution in [-0.2, 0) is 8.85 Å². The van der Waals surface area contributed by atoms with Gasteiger partial charge in [0.05, 0.1) is 0 Å². The molecule has 0 aromatic rings. The van der Waals surface area contributed by atoms with Crippen molar-refractivity contribution in [3.63, 3.8) is 0 Å². The Hall–Kier alpha value is 0.531. The third-order valence-electron chi connectivity index (χ3n) is 2.25. The molecule has 0 bridgehead atoms. The normalized spacial score (nSPS) is 12.3. The molecule has 0 atom stereocenters. The molecule has 0 aliphatic heterocycles. The maximum absolute atomic E-state index is 5.50. The lowest BCUT2D eigenvalue weighted by atomic mass is 10.4. The van der Waals surface area contributed by atoms with E-state index in [9.17, 15) is 0 Å². The van der Waals surface area contributed by atoms with Gasteiger partial charge in [-0.2, -0.15) is 0 Å². The van der Waals surface area contributed by atoms with Crippen LogP contribution in [0.1, 0.15) is 33.6 Å². The van der Waals surface area contributed by atoms with Crippen LogP contribution in [0.15, 0.2) is 0 Å². The van der Waals surface area contributed by atoms with Crippen LogP contribution < -0.4 is 4.65 Å². The van der Waals surface area contributed by atoms with Crippen molar-refractivity contribution in [3.8, 4) is 0 Å². The van der Waals surface area contributed by atoms with E-state index in [1.54, 1.807) is 0 Å². The summed E-state index contributed by atoms with van der Waals surface area (Å²) in [6.45, 7) is 22.0. The lowest BCUT2D eigenvalue weighted by Crippen LogP contribution is -2.55. The van der Waals surface area contributed by atoms with Crippen molar-refractivity contribution in [2.45, 2.75) is 78.9 Å². The highest BCUT2D eigenvalue weighted by Gasteiger charge is 2.22. The first kappa shape index (κ1) is 22.8. The third kappa shape index (κ3) is 20.8. The average molecular weight is 338 g/mol. The smallest absolute Gasteiger partial charge is 0.321 e. The van der Waals surface area contributed by atoms with Crippen LogP contribution in [0.5, 0.6) is 0 Å². The maximum Gasteiger partial charge on any atom is 0.321 e. The Morgan fingerprint density at radius 1 is 0.800 bits per heavy atom. The second-order valence-electron chi connectivity index (χ2n) is 7.11. The van der Waals surface area contributed by atoms with Gasteiger partial charge in [-0.05, 0) is 19.9 Å².